The van der Waals surface area contributed by atoms with Crippen LogP contribution in [0.25, 0.3) is 22.2 Å². The van der Waals surface area contributed by atoms with Crippen molar-refractivity contribution < 1.29 is 14.3 Å². The first kappa shape index (κ1) is 22.5. The van der Waals surface area contributed by atoms with Crippen LogP contribution in [0.1, 0.15) is 47.5 Å². The van der Waals surface area contributed by atoms with E-state index in [0.717, 1.165) is 46.6 Å². The van der Waals surface area contributed by atoms with Gasteiger partial charge in [0, 0.05) is 42.8 Å². The molecule has 1 aliphatic carbocycles. The number of amides is 1. The second-order valence-electron chi connectivity index (χ2n) is 10.7. The van der Waals surface area contributed by atoms with Gasteiger partial charge >= 0.3 is 6.09 Å². The van der Waals surface area contributed by atoms with E-state index < -0.39 is 5.60 Å². The third-order valence-corrected chi connectivity index (χ3v) is 6.45. The Bertz CT molecular complexity index is 1210. The highest BCUT2D eigenvalue weighted by molar-refractivity contribution is 5.94. The number of aromatic amines is 1. The van der Waals surface area contributed by atoms with Crippen molar-refractivity contribution in [3.05, 3.63) is 36.5 Å². The summed E-state index contributed by atoms with van der Waals surface area (Å²) < 4.78 is 11.7. The van der Waals surface area contributed by atoms with Crippen molar-refractivity contribution in [2.75, 3.05) is 24.5 Å². The molecular weight excluding hydrogens is 430 g/mol. The van der Waals surface area contributed by atoms with Crippen LogP contribution in [-0.4, -0.2) is 63.1 Å². The van der Waals surface area contributed by atoms with Gasteiger partial charge in [-0.05, 0) is 77.8 Å². The molecule has 3 heterocycles. The molecule has 1 amide bonds. The summed E-state index contributed by atoms with van der Waals surface area (Å²) >= 11 is 0. The maximum Gasteiger partial charge on any atom is 0.410 e. The van der Waals surface area contributed by atoms with Crippen molar-refractivity contribution in [3.63, 3.8) is 0 Å². The molecule has 1 aromatic carbocycles. The number of rotatable bonds is 4. The van der Waals surface area contributed by atoms with Gasteiger partial charge in [-0.1, -0.05) is 0 Å². The average Bonchev–Trinajstić information content (AvgIpc) is 3.35. The van der Waals surface area contributed by atoms with Crippen LogP contribution in [0.15, 0.2) is 36.5 Å². The minimum atomic E-state index is -0.503. The molecule has 1 atom stereocenters. The molecule has 1 saturated carbocycles. The molecule has 0 radical (unpaired) electrons. The van der Waals surface area contributed by atoms with Crippen LogP contribution in [0, 0.1) is 0 Å². The summed E-state index contributed by atoms with van der Waals surface area (Å²) in [4.78, 5) is 21.2. The first-order chi connectivity index (χ1) is 16.1. The Labute approximate surface area is 200 Å². The number of H-pyrrole nitrogens is 1. The molecule has 3 aromatic rings. The van der Waals surface area contributed by atoms with E-state index in [1.165, 1.54) is 0 Å². The van der Waals surface area contributed by atoms with E-state index in [1.807, 2.05) is 52.1 Å². The van der Waals surface area contributed by atoms with E-state index in [1.54, 1.807) is 4.90 Å². The number of hydrogen-bond donors (Lipinski definition) is 1. The number of anilines is 1. The molecule has 180 valence electrons. The molecule has 0 bridgehead atoms. The predicted molar refractivity (Wildman–Crippen MR) is 132 cm³/mol. The second kappa shape index (κ2) is 8.18. The summed E-state index contributed by atoms with van der Waals surface area (Å²) in [7, 11) is 0. The topological polar surface area (TPSA) is 83.6 Å². The SMILES string of the molecule is C[C@H]1CN(c2cc(-c3n[nH]c4ccc(OC5(C)CC5)cc34)ccn2)CCN1C(=O)OC(C)(C)C. The number of fused-ring (bicyclic) bond motifs is 1. The highest BCUT2D eigenvalue weighted by atomic mass is 16.6. The van der Waals surface area contributed by atoms with Gasteiger partial charge in [0.25, 0.3) is 0 Å². The van der Waals surface area contributed by atoms with Crippen LogP contribution in [0.2, 0.25) is 0 Å². The molecule has 2 aromatic heterocycles. The van der Waals surface area contributed by atoms with Crippen LogP contribution >= 0.6 is 0 Å². The Balaban J connectivity index is 1.35. The number of nitrogens with zero attached hydrogens (tertiary/aromatic N) is 4. The number of carbonyl (C=O) groups is 1. The summed E-state index contributed by atoms with van der Waals surface area (Å²) in [6.07, 6.45) is 3.75. The molecule has 8 nitrogen and oxygen atoms in total. The first-order valence-corrected chi connectivity index (χ1v) is 12.0. The third kappa shape index (κ3) is 4.67. The molecule has 34 heavy (non-hydrogen) atoms. The van der Waals surface area contributed by atoms with E-state index in [-0.39, 0.29) is 17.7 Å². The summed E-state index contributed by atoms with van der Waals surface area (Å²) in [5, 5.41) is 8.76. The van der Waals surface area contributed by atoms with Crippen LogP contribution < -0.4 is 9.64 Å². The highest BCUT2D eigenvalue weighted by Gasteiger charge is 2.40. The van der Waals surface area contributed by atoms with E-state index in [2.05, 4.69) is 39.1 Å². The number of aromatic nitrogens is 3. The lowest BCUT2D eigenvalue weighted by atomic mass is 10.1. The van der Waals surface area contributed by atoms with E-state index in [9.17, 15) is 4.79 Å². The number of nitrogens with one attached hydrogen (secondary N) is 1. The highest BCUT2D eigenvalue weighted by Crippen LogP contribution is 2.40. The van der Waals surface area contributed by atoms with Gasteiger partial charge in [-0.15, -0.1) is 0 Å². The van der Waals surface area contributed by atoms with E-state index >= 15 is 0 Å². The van der Waals surface area contributed by atoms with Crippen molar-refractivity contribution in [2.24, 2.45) is 0 Å². The predicted octanol–water partition coefficient (Wildman–Crippen LogP) is 5.00. The number of hydrogen-bond acceptors (Lipinski definition) is 6. The zero-order chi connectivity index (χ0) is 24.1. The first-order valence-electron chi connectivity index (χ1n) is 12.0. The Hall–Kier alpha value is -3.29. The molecule has 1 aliphatic heterocycles. The van der Waals surface area contributed by atoms with Gasteiger partial charge < -0.3 is 19.3 Å². The molecule has 1 saturated heterocycles. The maximum atomic E-state index is 12.6. The van der Waals surface area contributed by atoms with Crippen LogP contribution in [0.3, 0.4) is 0 Å². The molecule has 0 unspecified atom stereocenters. The fourth-order valence-electron chi connectivity index (χ4n) is 4.34. The standard InChI is InChI=1S/C26H33N5O3/c1-17-16-30(12-13-31(17)24(32)34-25(2,3)4)22-14-18(8-11-27-22)23-20-15-19(33-26(5)9-10-26)6-7-21(20)28-29-23/h6-8,11,14-15,17H,9-10,12-13,16H2,1-5H3,(H,28,29)/t17-/m0/s1. The minimum absolute atomic E-state index is 0.0174. The van der Waals surface area contributed by atoms with E-state index in [0.29, 0.717) is 19.6 Å². The molecule has 5 rings (SSSR count). The number of pyridine rings is 1. The Morgan fingerprint density at radius 2 is 1.97 bits per heavy atom. The third-order valence-electron chi connectivity index (χ3n) is 6.45. The molecule has 1 N–H and O–H groups in total. The van der Waals surface area contributed by atoms with Crippen molar-refractivity contribution in [1.29, 1.82) is 0 Å². The summed E-state index contributed by atoms with van der Waals surface area (Å²) in [6.45, 7) is 11.8. The lowest BCUT2D eigenvalue weighted by Crippen LogP contribution is -2.55. The summed E-state index contributed by atoms with van der Waals surface area (Å²) in [5.41, 5.74) is 2.32. The van der Waals surface area contributed by atoms with Gasteiger partial charge in [0.1, 0.15) is 28.5 Å². The second-order valence-corrected chi connectivity index (χ2v) is 10.7. The Morgan fingerprint density at radius 1 is 1.18 bits per heavy atom. The van der Waals surface area contributed by atoms with Crippen molar-refractivity contribution in [1.82, 2.24) is 20.1 Å². The van der Waals surface area contributed by atoms with Gasteiger partial charge in [-0.3, -0.25) is 5.10 Å². The number of ether oxygens (including phenoxy) is 2. The molecule has 8 heteroatoms. The zero-order valence-corrected chi connectivity index (χ0v) is 20.6. The Morgan fingerprint density at radius 3 is 2.68 bits per heavy atom. The fraction of sp³-hybridized carbons (Fsp3) is 0.500. The lowest BCUT2D eigenvalue weighted by Gasteiger charge is -2.40. The van der Waals surface area contributed by atoms with E-state index in [4.69, 9.17) is 9.47 Å². The normalized spacial score (nSPS) is 19.9. The largest absolute Gasteiger partial charge is 0.488 e. The van der Waals surface area contributed by atoms with Crippen molar-refractivity contribution in [2.45, 2.75) is 64.7 Å². The van der Waals surface area contributed by atoms with Gasteiger partial charge in [0.2, 0.25) is 0 Å². The smallest absolute Gasteiger partial charge is 0.410 e. The number of piperazine rings is 1. The average molecular weight is 464 g/mol. The molecule has 2 fully saturated rings. The maximum absolute atomic E-state index is 12.6. The van der Waals surface area contributed by atoms with Crippen LogP contribution in [0.5, 0.6) is 5.75 Å². The van der Waals surface area contributed by atoms with Crippen LogP contribution in [-0.2, 0) is 4.74 Å². The lowest BCUT2D eigenvalue weighted by molar-refractivity contribution is 0.0158. The fourth-order valence-corrected chi connectivity index (χ4v) is 4.34. The minimum Gasteiger partial charge on any atom is -0.488 e. The van der Waals surface area contributed by atoms with Gasteiger partial charge in [0.05, 0.1) is 5.52 Å². The molecular formula is C26H33N5O3. The van der Waals surface area contributed by atoms with Gasteiger partial charge in [-0.25, -0.2) is 9.78 Å². The zero-order valence-electron chi connectivity index (χ0n) is 20.6. The number of carbonyl (C=O) groups excluding carboxylic acids is 1. The molecule has 0 spiro atoms. The number of benzene rings is 1. The monoisotopic (exact) mass is 463 g/mol. The van der Waals surface area contributed by atoms with Crippen molar-refractivity contribution in [3.8, 4) is 17.0 Å². The van der Waals surface area contributed by atoms with Crippen molar-refractivity contribution >= 4 is 22.8 Å². The van der Waals surface area contributed by atoms with Crippen LogP contribution in [0.4, 0.5) is 10.6 Å². The Kier molecular flexibility index (Phi) is 5.41. The van der Waals surface area contributed by atoms with Gasteiger partial charge in [-0.2, -0.15) is 5.10 Å². The quantitative estimate of drug-likeness (QED) is 0.586. The summed E-state index contributed by atoms with van der Waals surface area (Å²) in [5.74, 6) is 1.75. The van der Waals surface area contributed by atoms with Gasteiger partial charge in [0.15, 0.2) is 0 Å². The summed E-state index contributed by atoms with van der Waals surface area (Å²) in [6, 6.07) is 10.2. The molecule has 2 aliphatic rings.